The summed E-state index contributed by atoms with van der Waals surface area (Å²) in [5.41, 5.74) is 5.61. The highest BCUT2D eigenvalue weighted by Gasteiger charge is 2.32. The summed E-state index contributed by atoms with van der Waals surface area (Å²) in [4.78, 5) is 14.5. The van der Waals surface area contributed by atoms with Gasteiger partial charge in [0, 0.05) is 12.5 Å². The second-order valence-electron chi connectivity index (χ2n) is 3.44. The fourth-order valence-corrected chi connectivity index (χ4v) is 1.81. The number of amidine groups is 1. The van der Waals surface area contributed by atoms with Gasteiger partial charge in [0.15, 0.2) is 0 Å². The van der Waals surface area contributed by atoms with Crippen molar-refractivity contribution in [2.45, 2.75) is 18.9 Å². The first-order chi connectivity index (χ1) is 6.27. The highest BCUT2D eigenvalue weighted by molar-refractivity contribution is 6.02. The molecule has 0 aromatic carbocycles. The van der Waals surface area contributed by atoms with E-state index in [2.05, 4.69) is 10.3 Å². The fourth-order valence-electron chi connectivity index (χ4n) is 1.81. The molecule has 72 valence electrons. The van der Waals surface area contributed by atoms with Crippen molar-refractivity contribution in [2.24, 2.45) is 16.6 Å². The van der Waals surface area contributed by atoms with Crippen molar-refractivity contribution in [3.05, 3.63) is 0 Å². The molecule has 2 aliphatic rings. The second kappa shape index (κ2) is 3.33. The van der Waals surface area contributed by atoms with Crippen LogP contribution in [0.15, 0.2) is 4.99 Å². The largest absolute Gasteiger partial charge is 0.385 e. The number of urea groups is 1. The number of rotatable bonds is 1. The van der Waals surface area contributed by atoms with Crippen LogP contribution >= 0.6 is 0 Å². The maximum atomic E-state index is 10.9. The molecule has 2 amide bonds. The van der Waals surface area contributed by atoms with Crippen molar-refractivity contribution in [1.29, 1.82) is 0 Å². The Labute approximate surface area is 76.3 Å². The molecular weight excluding hydrogens is 170 g/mol. The third kappa shape index (κ3) is 1.65. The van der Waals surface area contributed by atoms with Gasteiger partial charge in [-0.1, -0.05) is 0 Å². The van der Waals surface area contributed by atoms with Gasteiger partial charge < -0.3 is 15.8 Å². The SMILES string of the molecule is NC1=NC(=O)NC1C1CCCOC1. The number of ether oxygens (including phenoxy) is 1. The van der Waals surface area contributed by atoms with E-state index < -0.39 is 0 Å². The van der Waals surface area contributed by atoms with E-state index in [9.17, 15) is 4.79 Å². The van der Waals surface area contributed by atoms with Crippen LogP contribution in [0.25, 0.3) is 0 Å². The minimum absolute atomic E-state index is 0.104. The number of nitrogens with one attached hydrogen (secondary N) is 1. The van der Waals surface area contributed by atoms with Gasteiger partial charge in [0.25, 0.3) is 0 Å². The molecule has 0 aliphatic carbocycles. The molecule has 1 fully saturated rings. The van der Waals surface area contributed by atoms with Gasteiger partial charge in [-0.05, 0) is 12.8 Å². The van der Waals surface area contributed by atoms with E-state index in [-0.39, 0.29) is 12.1 Å². The first kappa shape index (κ1) is 8.50. The Hall–Kier alpha value is -1.10. The molecule has 2 aliphatic heterocycles. The van der Waals surface area contributed by atoms with Crippen LogP contribution in [0, 0.1) is 5.92 Å². The summed E-state index contributed by atoms with van der Waals surface area (Å²) < 4.78 is 5.32. The molecule has 3 N–H and O–H groups in total. The summed E-state index contributed by atoms with van der Waals surface area (Å²) in [6.07, 6.45) is 2.07. The van der Waals surface area contributed by atoms with E-state index >= 15 is 0 Å². The summed E-state index contributed by atoms with van der Waals surface area (Å²) >= 11 is 0. The van der Waals surface area contributed by atoms with Crippen LogP contribution in [0.3, 0.4) is 0 Å². The van der Waals surface area contributed by atoms with E-state index in [0.717, 1.165) is 19.4 Å². The molecule has 13 heavy (non-hydrogen) atoms. The van der Waals surface area contributed by atoms with E-state index in [1.807, 2.05) is 0 Å². The van der Waals surface area contributed by atoms with Crippen LogP contribution in [-0.2, 0) is 4.74 Å². The first-order valence-electron chi connectivity index (χ1n) is 4.49. The molecule has 0 spiro atoms. The Kier molecular flexibility index (Phi) is 2.18. The zero-order valence-corrected chi connectivity index (χ0v) is 7.32. The van der Waals surface area contributed by atoms with Crippen molar-refractivity contribution < 1.29 is 9.53 Å². The zero-order valence-electron chi connectivity index (χ0n) is 7.32. The average molecular weight is 183 g/mol. The summed E-state index contributed by atoms with van der Waals surface area (Å²) in [7, 11) is 0. The molecule has 2 rings (SSSR count). The second-order valence-corrected chi connectivity index (χ2v) is 3.44. The number of hydrogen-bond acceptors (Lipinski definition) is 3. The predicted octanol–water partition coefficient (Wildman–Crippen LogP) is -0.138. The van der Waals surface area contributed by atoms with Crippen molar-refractivity contribution in [2.75, 3.05) is 13.2 Å². The number of nitrogens with zero attached hydrogens (tertiary/aromatic N) is 1. The Morgan fingerprint density at radius 1 is 1.62 bits per heavy atom. The van der Waals surface area contributed by atoms with Crippen LogP contribution in [0.4, 0.5) is 4.79 Å². The van der Waals surface area contributed by atoms with E-state index in [1.165, 1.54) is 0 Å². The number of hydrogen-bond donors (Lipinski definition) is 2. The summed E-state index contributed by atoms with van der Waals surface area (Å²) in [6, 6.07) is -0.430. The minimum Gasteiger partial charge on any atom is -0.385 e. The molecule has 0 bridgehead atoms. The molecule has 0 aromatic heterocycles. The monoisotopic (exact) mass is 183 g/mol. The summed E-state index contributed by atoms with van der Waals surface area (Å²) in [6.45, 7) is 1.48. The number of nitrogens with two attached hydrogens (primary N) is 1. The standard InChI is InChI=1S/C8H13N3O2/c9-7-6(10-8(12)11-7)5-2-1-3-13-4-5/h5-6H,1-4H2,(H3,9,10,11,12). The lowest BCUT2D eigenvalue weighted by molar-refractivity contribution is 0.0501. The molecule has 0 aromatic rings. The number of carbonyl (C=O) groups is 1. The van der Waals surface area contributed by atoms with Gasteiger partial charge in [-0.2, -0.15) is 4.99 Å². The van der Waals surface area contributed by atoms with Crippen LogP contribution in [0.5, 0.6) is 0 Å². The predicted molar refractivity (Wildman–Crippen MR) is 47.5 cm³/mol. The third-order valence-corrected chi connectivity index (χ3v) is 2.50. The molecule has 2 heterocycles. The van der Waals surface area contributed by atoms with Crippen molar-refractivity contribution in [3.63, 3.8) is 0 Å². The highest BCUT2D eigenvalue weighted by atomic mass is 16.5. The Morgan fingerprint density at radius 2 is 2.46 bits per heavy atom. The third-order valence-electron chi connectivity index (χ3n) is 2.50. The van der Waals surface area contributed by atoms with Gasteiger partial charge in [0.1, 0.15) is 5.84 Å². The molecule has 2 unspecified atom stereocenters. The van der Waals surface area contributed by atoms with Gasteiger partial charge in [0.2, 0.25) is 0 Å². The maximum Gasteiger partial charge on any atom is 0.343 e. The fraction of sp³-hybridized carbons (Fsp3) is 0.750. The molecule has 1 saturated heterocycles. The Balaban J connectivity index is 2.00. The maximum absolute atomic E-state index is 10.9. The van der Waals surface area contributed by atoms with Crippen LogP contribution in [-0.4, -0.2) is 31.1 Å². The van der Waals surface area contributed by atoms with Crippen molar-refractivity contribution in [1.82, 2.24) is 5.32 Å². The van der Waals surface area contributed by atoms with Crippen molar-refractivity contribution in [3.8, 4) is 0 Å². The molecule has 0 saturated carbocycles. The summed E-state index contributed by atoms with van der Waals surface area (Å²) in [5.74, 6) is 0.699. The number of aliphatic imine (C=N–C) groups is 1. The first-order valence-corrected chi connectivity index (χ1v) is 4.49. The van der Waals surface area contributed by atoms with Gasteiger partial charge >= 0.3 is 6.03 Å². The Bertz CT molecular complexity index is 246. The molecule has 0 radical (unpaired) electrons. The topological polar surface area (TPSA) is 76.7 Å². The lowest BCUT2D eigenvalue weighted by Gasteiger charge is -2.26. The molecule has 5 nitrogen and oxygen atoms in total. The van der Waals surface area contributed by atoms with Gasteiger partial charge in [0.05, 0.1) is 12.6 Å². The van der Waals surface area contributed by atoms with E-state index in [0.29, 0.717) is 18.4 Å². The average Bonchev–Trinajstić information content (AvgIpc) is 2.47. The van der Waals surface area contributed by atoms with Crippen LogP contribution in [0.1, 0.15) is 12.8 Å². The van der Waals surface area contributed by atoms with Crippen LogP contribution in [0.2, 0.25) is 0 Å². The quantitative estimate of drug-likeness (QED) is 0.594. The number of amides is 2. The van der Waals surface area contributed by atoms with Gasteiger partial charge in [-0.3, -0.25) is 0 Å². The van der Waals surface area contributed by atoms with Crippen molar-refractivity contribution >= 4 is 11.9 Å². The molecule has 2 atom stereocenters. The highest BCUT2D eigenvalue weighted by Crippen LogP contribution is 2.19. The van der Waals surface area contributed by atoms with E-state index in [1.54, 1.807) is 0 Å². The normalized spacial score (nSPS) is 34.2. The molecular formula is C8H13N3O2. The lowest BCUT2D eigenvalue weighted by atomic mass is 9.93. The number of carbonyl (C=O) groups excluding carboxylic acids is 1. The Morgan fingerprint density at radius 3 is 3.00 bits per heavy atom. The summed E-state index contributed by atoms with van der Waals surface area (Å²) in [5, 5.41) is 2.73. The molecule has 5 heteroatoms. The van der Waals surface area contributed by atoms with Crippen LogP contribution < -0.4 is 11.1 Å². The minimum atomic E-state index is -0.326. The smallest absolute Gasteiger partial charge is 0.343 e. The van der Waals surface area contributed by atoms with E-state index in [4.69, 9.17) is 10.5 Å². The zero-order chi connectivity index (χ0) is 9.26. The van der Waals surface area contributed by atoms with Gasteiger partial charge in [-0.15, -0.1) is 0 Å². The lowest BCUT2D eigenvalue weighted by Crippen LogP contribution is -2.45. The van der Waals surface area contributed by atoms with Gasteiger partial charge in [-0.25, -0.2) is 4.79 Å².